The molecule has 168 valence electrons. The van der Waals surface area contributed by atoms with Crippen molar-refractivity contribution in [2.45, 2.75) is 20.4 Å². The topological polar surface area (TPSA) is 85.5 Å². The Bertz CT molecular complexity index is 1330. The van der Waals surface area contributed by atoms with Crippen molar-refractivity contribution in [2.75, 3.05) is 0 Å². The lowest BCUT2D eigenvalue weighted by molar-refractivity contribution is -0.384. The molecular weight excluding hydrogens is 485 g/mol. The van der Waals surface area contributed by atoms with Crippen LogP contribution < -0.4 is 0 Å². The summed E-state index contributed by atoms with van der Waals surface area (Å²) >= 11 is 13.4. The largest absolute Gasteiger partial charge is 0.316 e. The maximum atomic E-state index is 12.9. The normalized spacial score (nSPS) is 15.0. The summed E-state index contributed by atoms with van der Waals surface area (Å²) in [6, 6.07) is 13.1. The van der Waals surface area contributed by atoms with Crippen molar-refractivity contribution in [3.05, 3.63) is 96.1 Å². The SMILES string of the molecule is Cc1cc(/C=C2\SC(=O)N(Cc3ccc([N+](=O)[O-])cc3)C2=O)c(C)n1-c1cccc(Cl)c1Cl. The maximum absolute atomic E-state index is 12.9. The van der Waals surface area contributed by atoms with Crippen LogP contribution in [0, 0.1) is 24.0 Å². The van der Waals surface area contributed by atoms with E-state index in [0.717, 1.165) is 39.3 Å². The number of carbonyl (C=O) groups is 2. The highest BCUT2D eigenvalue weighted by atomic mass is 35.5. The fraction of sp³-hybridized carbons (Fsp3) is 0.130. The molecule has 7 nitrogen and oxygen atoms in total. The fourth-order valence-corrected chi connectivity index (χ4v) is 4.86. The van der Waals surface area contributed by atoms with E-state index in [2.05, 4.69) is 0 Å². The van der Waals surface area contributed by atoms with Crippen molar-refractivity contribution in [2.24, 2.45) is 0 Å². The number of nitro groups is 1. The minimum atomic E-state index is -0.500. The average molecular weight is 502 g/mol. The first-order valence-corrected chi connectivity index (χ1v) is 11.4. The number of aryl methyl sites for hydroxylation is 1. The number of nitrogens with zero attached hydrogens (tertiary/aromatic N) is 3. The van der Waals surface area contributed by atoms with Crippen molar-refractivity contribution >= 4 is 57.9 Å². The monoisotopic (exact) mass is 501 g/mol. The predicted molar refractivity (Wildman–Crippen MR) is 130 cm³/mol. The van der Waals surface area contributed by atoms with Gasteiger partial charge in [-0.15, -0.1) is 0 Å². The van der Waals surface area contributed by atoms with Gasteiger partial charge < -0.3 is 4.57 Å². The zero-order chi connectivity index (χ0) is 23.9. The van der Waals surface area contributed by atoms with Crippen molar-refractivity contribution in [3.8, 4) is 5.69 Å². The van der Waals surface area contributed by atoms with E-state index >= 15 is 0 Å². The Morgan fingerprint density at radius 1 is 1.09 bits per heavy atom. The van der Waals surface area contributed by atoms with Gasteiger partial charge >= 0.3 is 0 Å². The molecule has 10 heteroatoms. The van der Waals surface area contributed by atoms with E-state index < -0.39 is 16.1 Å². The molecule has 0 N–H and O–H groups in total. The number of nitro benzene ring substituents is 1. The molecule has 1 aromatic heterocycles. The zero-order valence-electron chi connectivity index (χ0n) is 17.5. The molecule has 0 saturated carbocycles. The van der Waals surface area contributed by atoms with Gasteiger partial charge in [0.05, 0.1) is 32.1 Å². The van der Waals surface area contributed by atoms with E-state index in [9.17, 15) is 19.7 Å². The first-order chi connectivity index (χ1) is 15.7. The van der Waals surface area contributed by atoms with Crippen LogP contribution in [0.3, 0.4) is 0 Å². The third-order valence-electron chi connectivity index (χ3n) is 5.29. The third-order valence-corrected chi connectivity index (χ3v) is 7.01. The van der Waals surface area contributed by atoms with Crippen LogP contribution in [0.5, 0.6) is 0 Å². The highest BCUT2D eigenvalue weighted by Gasteiger charge is 2.35. The number of benzene rings is 2. The van der Waals surface area contributed by atoms with Gasteiger partial charge in [-0.25, -0.2) is 0 Å². The Labute approximate surface area is 203 Å². The Kier molecular flexibility index (Phi) is 6.34. The minimum Gasteiger partial charge on any atom is -0.316 e. The molecule has 0 spiro atoms. The number of rotatable bonds is 5. The van der Waals surface area contributed by atoms with Crippen molar-refractivity contribution in [1.29, 1.82) is 0 Å². The molecule has 0 radical (unpaired) electrons. The number of carbonyl (C=O) groups excluding carboxylic acids is 2. The summed E-state index contributed by atoms with van der Waals surface area (Å²) in [5.41, 5.74) is 3.82. The summed E-state index contributed by atoms with van der Waals surface area (Å²) in [5.74, 6) is -0.408. The van der Waals surface area contributed by atoms with E-state index in [1.54, 1.807) is 12.1 Å². The van der Waals surface area contributed by atoms with E-state index in [1.165, 1.54) is 24.3 Å². The molecule has 3 aromatic rings. The van der Waals surface area contributed by atoms with E-state index in [-0.39, 0.29) is 12.2 Å². The van der Waals surface area contributed by atoms with Gasteiger partial charge in [0.15, 0.2) is 0 Å². The number of non-ortho nitro benzene ring substituents is 1. The van der Waals surface area contributed by atoms with Gasteiger partial charge in [-0.1, -0.05) is 41.4 Å². The second kappa shape index (κ2) is 9.05. The van der Waals surface area contributed by atoms with E-state index in [1.807, 2.05) is 36.6 Å². The minimum absolute atomic E-state index is 0.0388. The summed E-state index contributed by atoms with van der Waals surface area (Å²) in [6.07, 6.45) is 1.69. The summed E-state index contributed by atoms with van der Waals surface area (Å²) in [6.45, 7) is 3.86. The second-order valence-electron chi connectivity index (χ2n) is 7.43. The molecule has 0 atom stereocenters. The van der Waals surface area contributed by atoms with Crippen molar-refractivity contribution in [1.82, 2.24) is 9.47 Å². The van der Waals surface area contributed by atoms with Crippen LogP contribution in [0.2, 0.25) is 10.0 Å². The summed E-state index contributed by atoms with van der Waals surface area (Å²) in [5, 5.41) is 11.3. The van der Waals surface area contributed by atoms with Gasteiger partial charge in [0.2, 0.25) is 0 Å². The number of aromatic nitrogens is 1. The first-order valence-electron chi connectivity index (χ1n) is 9.79. The fourth-order valence-electron chi connectivity index (χ4n) is 3.65. The number of thioether (sulfide) groups is 1. The molecule has 0 bridgehead atoms. The van der Waals surface area contributed by atoms with E-state index in [4.69, 9.17) is 23.2 Å². The Morgan fingerprint density at radius 2 is 1.79 bits per heavy atom. The van der Waals surface area contributed by atoms with Crippen LogP contribution >= 0.6 is 35.0 Å². The van der Waals surface area contributed by atoms with E-state index in [0.29, 0.717) is 20.5 Å². The van der Waals surface area contributed by atoms with Crippen LogP contribution in [-0.4, -0.2) is 25.5 Å². The Balaban J connectivity index is 1.61. The molecule has 33 heavy (non-hydrogen) atoms. The van der Waals surface area contributed by atoms with Gasteiger partial charge in [-0.05, 0) is 61.0 Å². The standard InChI is InChI=1S/C23H17Cl2N3O4S/c1-13-10-16(14(2)27(13)19-5-3-4-18(24)21(19)25)11-20-22(29)26(23(30)33-20)12-15-6-8-17(9-7-15)28(31)32/h3-11H,12H2,1-2H3/b20-11-. The third kappa shape index (κ3) is 4.42. The molecule has 1 aliphatic rings. The van der Waals surface area contributed by atoms with Crippen LogP contribution in [0.4, 0.5) is 10.5 Å². The zero-order valence-corrected chi connectivity index (χ0v) is 19.9. The first kappa shape index (κ1) is 23.1. The van der Waals surface area contributed by atoms with Crippen LogP contribution in [0.1, 0.15) is 22.5 Å². The smallest absolute Gasteiger partial charge is 0.293 e. The molecule has 1 aliphatic heterocycles. The maximum Gasteiger partial charge on any atom is 0.293 e. The second-order valence-corrected chi connectivity index (χ2v) is 9.20. The Hall–Kier alpha value is -3.07. The molecule has 1 fully saturated rings. The number of amides is 2. The summed E-state index contributed by atoms with van der Waals surface area (Å²) in [7, 11) is 0. The number of hydrogen-bond donors (Lipinski definition) is 0. The molecule has 4 rings (SSSR count). The van der Waals surface area contributed by atoms with Crippen LogP contribution in [0.15, 0.2) is 53.4 Å². The molecule has 0 aliphatic carbocycles. The van der Waals surface area contributed by atoms with Gasteiger partial charge in [-0.2, -0.15) is 0 Å². The highest BCUT2D eigenvalue weighted by Crippen LogP contribution is 2.36. The highest BCUT2D eigenvalue weighted by molar-refractivity contribution is 8.18. The van der Waals surface area contributed by atoms with Crippen LogP contribution in [-0.2, 0) is 11.3 Å². The summed E-state index contributed by atoms with van der Waals surface area (Å²) < 4.78 is 1.95. The molecule has 1 saturated heterocycles. The molecule has 2 amide bonds. The number of hydrogen-bond acceptors (Lipinski definition) is 5. The molecule has 2 aromatic carbocycles. The van der Waals surface area contributed by atoms with Gasteiger partial charge in [0.25, 0.3) is 16.8 Å². The number of imide groups is 1. The van der Waals surface area contributed by atoms with Crippen LogP contribution in [0.25, 0.3) is 11.8 Å². The lowest BCUT2D eigenvalue weighted by atomic mass is 10.2. The lowest BCUT2D eigenvalue weighted by Crippen LogP contribution is -2.27. The quantitative estimate of drug-likeness (QED) is 0.225. The number of halogens is 2. The Morgan fingerprint density at radius 3 is 2.45 bits per heavy atom. The summed E-state index contributed by atoms with van der Waals surface area (Å²) in [4.78, 5) is 37.2. The van der Waals surface area contributed by atoms with Crippen molar-refractivity contribution in [3.63, 3.8) is 0 Å². The van der Waals surface area contributed by atoms with Gasteiger partial charge in [0, 0.05) is 23.5 Å². The average Bonchev–Trinajstić information content (AvgIpc) is 3.20. The lowest BCUT2D eigenvalue weighted by Gasteiger charge is -2.12. The molecule has 0 unspecified atom stereocenters. The van der Waals surface area contributed by atoms with Gasteiger partial charge in [0.1, 0.15) is 0 Å². The van der Waals surface area contributed by atoms with Gasteiger partial charge in [-0.3, -0.25) is 24.6 Å². The predicted octanol–water partition coefficient (Wildman–Crippen LogP) is 6.55. The van der Waals surface area contributed by atoms with Crippen molar-refractivity contribution < 1.29 is 14.5 Å². The molecular formula is C23H17Cl2N3O4S. The molecule has 2 heterocycles.